The van der Waals surface area contributed by atoms with E-state index in [-0.39, 0.29) is 6.04 Å². The Balaban J connectivity index is 2.42. The Labute approximate surface area is 113 Å². The molecule has 0 spiro atoms. The largest absolute Gasteiger partial charge is 0.411 e. The number of nitrogens with one attached hydrogen (secondary N) is 1. The van der Waals surface area contributed by atoms with Crippen molar-refractivity contribution >= 4 is 17.2 Å². The van der Waals surface area contributed by atoms with E-state index in [0.29, 0.717) is 0 Å². The number of aryl methyl sites for hydroxylation is 2. The molecule has 1 N–H and O–H groups in total. The molecule has 1 aromatic rings. The van der Waals surface area contributed by atoms with Crippen molar-refractivity contribution in [1.82, 2.24) is 5.32 Å². The summed E-state index contributed by atoms with van der Waals surface area (Å²) in [5.74, 6) is -0.556. The predicted molar refractivity (Wildman–Crippen MR) is 67.2 cm³/mol. The number of alkyl halides is 3. The van der Waals surface area contributed by atoms with Crippen molar-refractivity contribution in [3.05, 3.63) is 21.4 Å². The molecule has 108 valence electrons. The van der Waals surface area contributed by atoms with Crippen molar-refractivity contribution in [2.45, 2.75) is 33.0 Å². The number of rotatable bonds is 5. The van der Waals surface area contributed by atoms with E-state index >= 15 is 0 Å². The van der Waals surface area contributed by atoms with Gasteiger partial charge in [0, 0.05) is 9.75 Å². The van der Waals surface area contributed by atoms with Crippen LogP contribution in [0.25, 0.3) is 0 Å². The van der Waals surface area contributed by atoms with Gasteiger partial charge in [-0.3, -0.25) is 4.79 Å². The fourth-order valence-corrected chi connectivity index (χ4v) is 2.72. The van der Waals surface area contributed by atoms with Gasteiger partial charge in [0.1, 0.15) is 13.2 Å². The summed E-state index contributed by atoms with van der Waals surface area (Å²) >= 11 is 1.61. The fraction of sp³-hybridized carbons (Fsp3) is 0.583. The minimum Gasteiger partial charge on any atom is -0.362 e. The van der Waals surface area contributed by atoms with Gasteiger partial charge in [0.2, 0.25) is 5.91 Å². The summed E-state index contributed by atoms with van der Waals surface area (Å²) in [4.78, 5) is 13.6. The molecule has 19 heavy (non-hydrogen) atoms. The van der Waals surface area contributed by atoms with Gasteiger partial charge < -0.3 is 10.1 Å². The molecule has 3 nitrogen and oxygen atoms in total. The van der Waals surface area contributed by atoms with Crippen molar-refractivity contribution in [2.75, 3.05) is 13.2 Å². The standard InChI is InChI=1S/C12H16F3NO2S/c1-7-4-10(9(3)19-7)8(2)16-11(17)5-18-6-12(13,14)15/h4,8H,5-6H2,1-3H3,(H,16,17). The van der Waals surface area contributed by atoms with Crippen LogP contribution in [0.4, 0.5) is 13.2 Å². The first-order chi connectivity index (χ1) is 8.69. The molecule has 7 heteroatoms. The molecule has 0 radical (unpaired) electrons. The summed E-state index contributed by atoms with van der Waals surface area (Å²) in [5, 5.41) is 2.61. The molecule has 0 aliphatic heterocycles. The van der Waals surface area contributed by atoms with Crippen LogP contribution < -0.4 is 5.32 Å². The van der Waals surface area contributed by atoms with Gasteiger partial charge in [-0.15, -0.1) is 11.3 Å². The number of hydrogen-bond acceptors (Lipinski definition) is 3. The van der Waals surface area contributed by atoms with E-state index < -0.39 is 25.3 Å². The van der Waals surface area contributed by atoms with Crippen molar-refractivity contribution < 1.29 is 22.7 Å². The second-order valence-electron chi connectivity index (χ2n) is 4.27. The molecule has 0 bridgehead atoms. The zero-order valence-corrected chi connectivity index (χ0v) is 11.7. The highest BCUT2D eigenvalue weighted by Gasteiger charge is 2.27. The molecule has 1 unspecified atom stereocenters. The Morgan fingerprint density at radius 3 is 2.58 bits per heavy atom. The third-order valence-electron chi connectivity index (χ3n) is 2.42. The molecule has 0 fully saturated rings. The molecular weight excluding hydrogens is 279 g/mol. The Hall–Kier alpha value is -1.08. The smallest absolute Gasteiger partial charge is 0.362 e. The van der Waals surface area contributed by atoms with Crippen LogP contribution in [0.15, 0.2) is 6.07 Å². The first kappa shape index (κ1) is 16.0. The van der Waals surface area contributed by atoms with E-state index in [4.69, 9.17) is 0 Å². The molecular formula is C12H16F3NO2S. The zero-order chi connectivity index (χ0) is 14.6. The molecule has 0 aliphatic carbocycles. The first-order valence-corrected chi connectivity index (χ1v) is 6.51. The van der Waals surface area contributed by atoms with Gasteiger partial charge in [0.15, 0.2) is 0 Å². The zero-order valence-electron chi connectivity index (χ0n) is 10.9. The first-order valence-electron chi connectivity index (χ1n) is 5.70. The van der Waals surface area contributed by atoms with Crippen LogP contribution in [0.2, 0.25) is 0 Å². The van der Waals surface area contributed by atoms with Crippen LogP contribution in [0.1, 0.15) is 28.3 Å². The van der Waals surface area contributed by atoms with Crippen LogP contribution >= 0.6 is 11.3 Å². The average Bonchev–Trinajstić information content (AvgIpc) is 2.55. The molecule has 0 aliphatic rings. The monoisotopic (exact) mass is 295 g/mol. The second kappa shape index (κ2) is 6.38. The molecule has 0 saturated heterocycles. The van der Waals surface area contributed by atoms with E-state index in [2.05, 4.69) is 10.1 Å². The van der Waals surface area contributed by atoms with Crippen LogP contribution in [0.5, 0.6) is 0 Å². The summed E-state index contributed by atoms with van der Waals surface area (Å²) in [5.41, 5.74) is 0.978. The minimum absolute atomic E-state index is 0.244. The quantitative estimate of drug-likeness (QED) is 0.906. The van der Waals surface area contributed by atoms with E-state index in [1.807, 2.05) is 19.9 Å². The van der Waals surface area contributed by atoms with Gasteiger partial charge in [-0.05, 0) is 32.4 Å². The number of thiophene rings is 1. The molecule has 1 atom stereocenters. The lowest BCUT2D eigenvalue weighted by Crippen LogP contribution is -2.31. The summed E-state index contributed by atoms with van der Waals surface area (Å²) < 4.78 is 39.8. The highest BCUT2D eigenvalue weighted by Crippen LogP contribution is 2.26. The Morgan fingerprint density at radius 1 is 1.47 bits per heavy atom. The Bertz CT molecular complexity index is 443. The van der Waals surface area contributed by atoms with Crippen LogP contribution in [0.3, 0.4) is 0 Å². The lowest BCUT2D eigenvalue weighted by Gasteiger charge is -2.14. The number of amides is 1. The Kier molecular flexibility index (Phi) is 5.37. The topological polar surface area (TPSA) is 38.3 Å². The average molecular weight is 295 g/mol. The number of carbonyl (C=O) groups excluding carboxylic acids is 1. The van der Waals surface area contributed by atoms with Gasteiger partial charge >= 0.3 is 6.18 Å². The minimum atomic E-state index is -4.41. The third-order valence-corrected chi connectivity index (χ3v) is 3.40. The molecule has 0 saturated carbocycles. The molecule has 1 aromatic heterocycles. The van der Waals surface area contributed by atoms with Crippen molar-refractivity contribution in [1.29, 1.82) is 0 Å². The molecule has 0 aromatic carbocycles. The highest BCUT2D eigenvalue weighted by atomic mass is 32.1. The van der Waals surface area contributed by atoms with Gasteiger partial charge in [0.05, 0.1) is 6.04 Å². The van der Waals surface area contributed by atoms with Crippen LogP contribution in [-0.4, -0.2) is 25.3 Å². The molecule has 1 heterocycles. The van der Waals surface area contributed by atoms with E-state index in [1.54, 1.807) is 18.3 Å². The number of carbonyl (C=O) groups is 1. The van der Waals surface area contributed by atoms with E-state index in [1.165, 1.54) is 0 Å². The van der Waals surface area contributed by atoms with E-state index in [9.17, 15) is 18.0 Å². The van der Waals surface area contributed by atoms with Gasteiger partial charge in [-0.2, -0.15) is 13.2 Å². The van der Waals surface area contributed by atoms with Crippen LogP contribution in [0, 0.1) is 13.8 Å². The fourth-order valence-electron chi connectivity index (χ4n) is 1.70. The SMILES string of the molecule is Cc1cc(C(C)NC(=O)COCC(F)(F)F)c(C)s1. The van der Waals surface area contributed by atoms with E-state index in [0.717, 1.165) is 15.3 Å². The summed E-state index contributed by atoms with van der Waals surface area (Å²) in [6.07, 6.45) is -4.41. The normalized spacial score (nSPS) is 13.4. The summed E-state index contributed by atoms with van der Waals surface area (Å²) in [7, 11) is 0. The summed E-state index contributed by atoms with van der Waals surface area (Å²) in [6, 6.07) is 1.72. The number of hydrogen-bond donors (Lipinski definition) is 1. The third kappa shape index (κ3) is 5.61. The highest BCUT2D eigenvalue weighted by molar-refractivity contribution is 7.12. The maximum atomic E-state index is 11.8. The Morgan fingerprint density at radius 2 is 2.11 bits per heavy atom. The van der Waals surface area contributed by atoms with Crippen molar-refractivity contribution in [3.8, 4) is 0 Å². The van der Waals surface area contributed by atoms with Crippen LogP contribution in [-0.2, 0) is 9.53 Å². The molecule has 1 rings (SSSR count). The maximum Gasteiger partial charge on any atom is 0.411 e. The lowest BCUT2D eigenvalue weighted by molar-refractivity contribution is -0.175. The van der Waals surface area contributed by atoms with Gasteiger partial charge in [-0.25, -0.2) is 0 Å². The van der Waals surface area contributed by atoms with Gasteiger partial charge in [0.25, 0.3) is 0 Å². The molecule has 1 amide bonds. The second-order valence-corrected chi connectivity index (χ2v) is 5.73. The lowest BCUT2D eigenvalue weighted by atomic mass is 10.1. The number of halogens is 3. The number of ether oxygens (including phenoxy) is 1. The van der Waals surface area contributed by atoms with Gasteiger partial charge in [-0.1, -0.05) is 0 Å². The van der Waals surface area contributed by atoms with Crippen molar-refractivity contribution in [3.63, 3.8) is 0 Å². The summed E-state index contributed by atoms with van der Waals surface area (Å²) in [6.45, 7) is 3.69. The maximum absolute atomic E-state index is 11.8. The van der Waals surface area contributed by atoms with Crippen molar-refractivity contribution in [2.24, 2.45) is 0 Å². The predicted octanol–water partition coefficient (Wildman–Crippen LogP) is 3.12.